The lowest BCUT2D eigenvalue weighted by Gasteiger charge is -2.03. The van der Waals surface area contributed by atoms with Crippen molar-refractivity contribution in [3.8, 4) is 5.69 Å². The van der Waals surface area contributed by atoms with Gasteiger partial charge >= 0.3 is 0 Å². The van der Waals surface area contributed by atoms with Gasteiger partial charge in [-0.25, -0.2) is 4.98 Å². The number of aromatic amines is 1. The highest BCUT2D eigenvalue weighted by atomic mass is 32.2. The highest BCUT2D eigenvalue weighted by Crippen LogP contribution is 2.29. The molecule has 0 aliphatic carbocycles. The molecule has 0 spiro atoms. The van der Waals surface area contributed by atoms with Gasteiger partial charge in [0.25, 0.3) is 0 Å². The van der Waals surface area contributed by atoms with Gasteiger partial charge < -0.3 is 4.98 Å². The zero-order valence-corrected chi connectivity index (χ0v) is 16.2. The van der Waals surface area contributed by atoms with E-state index in [9.17, 15) is 0 Å². The van der Waals surface area contributed by atoms with Gasteiger partial charge in [-0.3, -0.25) is 8.97 Å². The minimum atomic E-state index is 0.695. The number of fused-ring (bicyclic) bond motifs is 4. The number of aromatic nitrogens is 6. The Kier molecular flexibility index (Phi) is 3.67. The Hall–Kier alpha value is -3.58. The normalized spacial score (nSPS) is 11.7. The summed E-state index contributed by atoms with van der Waals surface area (Å²) in [5, 5.41) is 9.84. The number of thioether (sulfide) groups is 1. The summed E-state index contributed by atoms with van der Waals surface area (Å²) in [6.45, 7) is 0. The molecule has 0 aliphatic rings. The highest BCUT2D eigenvalue weighted by Gasteiger charge is 2.18. The van der Waals surface area contributed by atoms with E-state index < -0.39 is 0 Å². The molecule has 1 N–H and O–H groups in total. The van der Waals surface area contributed by atoms with E-state index >= 15 is 0 Å². The minimum Gasteiger partial charge on any atom is -0.341 e. The topological polar surface area (TPSA) is 63.8 Å². The number of hydrogen-bond donors (Lipinski definition) is 1. The highest BCUT2D eigenvalue weighted by molar-refractivity contribution is 7.98. The van der Waals surface area contributed by atoms with E-state index in [0.717, 1.165) is 44.5 Å². The Morgan fingerprint density at radius 2 is 1.55 bits per heavy atom. The SMILES string of the molecule is c1ccc(-n2c3ccccc3n3c(SCc4nc5ccccc5[nH]4)nnc23)cc1. The average molecular weight is 396 g/mol. The molecule has 140 valence electrons. The predicted octanol–water partition coefficient (Wildman–Crippen LogP) is 4.84. The van der Waals surface area contributed by atoms with Crippen LogP contribution in [0.4, 0.5) is 0 Å². The molecule has 6 rings (SSSR count). The second-order valence-corrected chi connectivity index (χ2v) is 7.71. The van der Waals surface area contributed by atoms with Crippen LogP contribution < -0.4 is 0 Å². The molecule has 3 heterocycles. The number of nitrogens with zero attached hydrogens (tertiary/aromatic N) is 5. The zero-order valence-electron chi connectivity index (χ0n) is 15.4. The van der Waals surface area contributed by atoms with Gasteiger partial charge in [0.2, 0.25) is 5.78 Å². The summed E-state index contributed by atoms with van der Waals surface area (Å²) in [6, 6.07) is 26.7. The van der Waals surface area contributed by atoms with Crippen molar-refractivity contribution >= 4 is 39.6 Å². The summed E-state index contributed by atoms with van der Waals surface area (Å²) in [4.78, 5) is 8.05. The summed E-state index contributed by atoms with van der Waals surface area (Å²) in [6.07, 6.45) is 0. The van der Waals surface area contributed by atoms with Crippen molar-refractivity contribution in [2.75, 3.05) is 0 Å². The lowest BCUT2D eigenvalue weighted by Crippen LogP contribution is -1.94. The number of nitrogens with one attached hydrogen (secondary N) is 1. The molecular weight excluding hydrogens is 380 g/mol. The van der Waals surface area contributed by atoms with E-state index in [1.54, 1.807) is 11.8 Å². The third-order valence-corrected chi connectivity index (χ3v) is 5.91. The molecule has 0 saturated carbocycles. The number of benzene rings is 3. The summed E-state index contributed by atoms with van der Waals surface area (Å²) >= 11 is 1.63. The molecule has 6 aromatic rings. The number of para-hydroxylation sites is 5. The van der Waals surface area contributed by atoms with Crippen LogP contribution in [0.3, 0.4) is 0 Å². The van der Waals surface area contributed by atoms with Crippen molar-refractivity contribution in [2.24, 2.45) is 0 Å². The predicted molar refractivity (Wildman–Crippen MR) is 115 cm³/mol. The Bertz CT molecular complexity index is 1430. The second-order valence-electron chi connectivity index (χ2n) is 6.77. The molecule has 0 fully saturated rings. The molecule has 0 saturated heterocycles. The van der Waals surface area contributed by atoms with Crippen molar-refractivity contribution in [3.05, 3.63) is 84.7 Å². The van der Waals surface area contributed by atoms with Gasteiger partial charge in [-0.15, -0.1) is 10.2 Å². The van der Waals surface area contributed by atoms with E-state index in [-0.39, 0.29) is 0 Å². The van der Waals surface area contributed by atoms with Crippen LogP contribution >= 0.6 is 11.8 Å². The Labute approximate surface area is 170 Å². The van der Waals surface area contributed by atoms with Crippen LogP contribution in [0, 0.1) is 0 Å². The van der Waals surface area contributed by atoms with Gasteiger partial charge in [-0.05, 0) is 36.4 Å². The number of imidazole rings is 2. The lowest BCUT2D eigenvalue weighted by atomic mass is 10.3. The molecule has 3 aromatic heterocycles. The van der Waals surface area contributed by atoms with Gasteiger partial charge in [0.1, 0.15) is 5.82 Å². The van der Waals surface area contributed by atoms with Crippen LogP contribution in [0.25, 0.3) is 33.5 Å². The zero-order chi connectivity index (χ0) is 19.2. The smallest absolute Gasteiger partial charge is 0.241 e. The van der Waals surface area contributed by atoms with Crippen molar-refractivity contribution in [1.82, 2.24) is 29.1 Å². The summed E-state index contributed by atoms with van der Waals surface area (Å²) in [7, 11) is 0. The summed E-state index contributed by atoms with van der Waals surface area (Å²) in [5.41, 5.74) is 5.29. The molecule has 7 heteroatoms. The van der Waals surface area contributed by atoms with Crippen molar-refractivity contribution < 1.29 is 0 Å². The van der Waals surface area contributed by atoms with E-state index in [1.165, 1.54) is 0 Å². The van der Waals surface area contributed by atoms with Crippen LogP contribution in [0.2, 0.25) is 0 Å². The lowest BCUT2D eigenvalue weighted by molar-refractivity contribution is 0.937. The molecule has 0 aliphatic heterocycles. The van der Waals surface area contributed by atoms with Crippen LogP contribution in [0.15, 0.2) is 84.0 Å². The van der Waals surface area contributed by atoms with Crippen LogP contribution in [0.1, 0.15) is 5.82 Å². The largest absolute Gasteiger partial charge is 0.341 e. The molecule has 29 heavy (non-hydrogen) atoms. The fraction of sp³-hybridized carbons (Fsp3) is 0.0455. The molecule has 0 bridgehead atoms. The first kappa shape index (κ1) is 16.4. The Balaban J connectivity index is 1.45. The number of H-pyrrole nitrogens is 1. The summed E-state index contributed by atoms with van der Waals surface area (Å²) in [5.74, 6) is 2.43. The molecule has 6 nitrogen and oxygen atoms in total. The molecular formula is C22H16N6S. The maximum atomic E-state index is 4.67. The maximum Gasteiger partial charge on any atom is 0.241 e. The van der Waals surface area contributed by atoms with E-state index in [4.69, 9.17) is 0 Å². The van der Waals surface area contributed by atoms with Crippen LogP contribution in [-0.4, -0.2) is 29.1 Å². The fourth-order valence-corrected chi connectivity index (χ4v) is 4.51. The number of hydrogen-bond acceptors (Lipinski definition) is 4. The fourth-order valence-electron chi connectivity index (χ4n) is 3.70. The van der Waals surface area contributed by atoms with Crippen molar-refractivity contribution in [1.29, 1.82) is 0 Å². The Morgan fingerprint density at radius 1 is 0.793 bits per heavy atom. The van der Waals surface area contributed by atoms with Gasteiger partial charge in [0.15, 0.2) is 5.16 Å². The number of rotatable bonds is 4. The quantitative estimate of drug-likeness (QED) is 0.433. The van der Waals surface area contributed by atoms with Crippen LogP contribution in [0.5, 0.6) is 0 Å². The monoisotopic (exact) mass is 396 g/mol. The second kappa shape index (κ2) is 6.49. The first-order valence-corrected chi connectivity index (χ1v) is 10.3. The van der Waals surface area contributed by atoms with Gasteiger partial charge in [0, 0.05) is 5.69 Å². The first-order chi connectivity index (χ1) is 14.4. The average Bonchev–Trinajstić information content (AvgIpc) is 3.45. The Morgan fingerprint density at radius 3 is 2.41 bits per heavy atom. The van der Waals surface area contributed by atoms with E-state index in [0.29, 0.717) is 5.75 Å². The van der Waals surface area contributed by atoms with Crippen molar-refractivity contribution in [2.45, 2.75) is 10.9 Å². The third-order valence-electron chi connectivity index (χ3n) is 4.97. The standard InChI is InChI=1S/C22H16N6S/c1-2-8-15(9-3-1)27-18-12-6-7-13-19(18)28-21(27)25-26-22(28)29-14-20-23-16-10-4-5-11-17(16)24-20/h1-13H,14H2,(H,23,24). The molecule has 3 aromatic carbocycles. The van der Waals surface area contributed by atoms with Crippen LogP contribution in [-0.2, 0) is 5.75 Å². The van der Waals surface area contributed by atoms with E-state index in [1.807, 2.05) is 48.5 Å². The van der Waals surface area contributed by atoms with Crippen molar-refractivity contribution in [3.63, 3.8) is 0 Å². The maximum absolute atomic E-state index is 4.67. The van der Waals surface area contributed by atoms with E-state index in [2.05, 4.69) is 59.5 Å². The molecule has 0 unspecified atom stereocenters. The van der Waals surface area contributed by atoms with Gasteiger partial charge in [0.05, 0.1) is 27.8 Å². The van der Waals surface area contributed by atoms with Gasteiger partial charge in [-0.1, -0.05) is 54.2 Å². The first-order valence-electron chi connectivity index (χ1n) is 9.35. The summed E-state index contributed by atoms with van der Waals surface area (Å²) < 4.78 is 4.27. The molecule has 0 radical (unpaired) electrons. The third kappa shape index (κ3) is 2.62. The molecule has 0 atom stereocenters. The minimum absolute atomic E-state index is 0.695. The molecule has 0 amide bonds. The van der Waals surface area contributed by atoms with Gasteiger partial charge in [-0.2, -0.15) is 0 Å².